The molecule has 2 aromatic rings. The van der Waals surface area contributed by atoms with Crippen LogP contribution < -0.4 is 0 Å². The van der Waals surface area contributed by atoms with Gasteiger partial charge in [0.1, 0.15) is 6.23 Å². The minimum Gasteiger partial charge on any atom is -0.394 e. The van der Waals surface area contributed by atoms with E-state index in [4.69, 9.17) is 9.84 Å². The monoisotopic (exact) mass is 231 g/mol. The van der Waals surface area contributed by atoms with Crippen molar-refractivity contribution >= 4 is 10.9 Å². The third-order valence-electron chi connectivity index (χ3n) is 3.58. The molecule has 1 aliphatic rings. The fourth-order valence-electron chi connectivity index (χ4n) is 2.62. The molecule has 0 radical (unpaired) electrons. The minimum absolute atomic E-state index is 0.00209. The van der Waals surface area contributed by atoms with Gasteiger partial charge in [0.15, 0.2) is 0 Å². The summed E-state index contributed by atoms with van der Waals surface area (Å²) in [6.45, 7) is 2.24. The first-order valence-corrected chi connectivity index (χ1v) is 6.12. The molecule has 1 aliphatic heterocycles. The number of ether oxygens (including phenoxy) is 1. The topological polar surface area (TPSA) is 34.4 Å². The number of hydrogen-bond acceptors (Lipinski definition) is 2. The minimum atomic E-state index is 0.00209. The van der Waals surface area contributed by atoms with Gasteiger partial charge in [0.2, 0.25) is 0 Å². The van der Waals surface area contributed by atoms with E-state index >= 15 is 0 Å². The molecule has 90 valence electrons. The van der Waals surface area contributed by atoms with Gasteiger partial charge in [-0.15, -0.1) is 0 Å². The highest BCUT2D eigenvalue weighted by Gasteiger charge is 2.26. The predicted octanol–water partition coefficient (Wildman–Crippen LogP) is 2.62. The molecule has 0 saturated carbocycles. The summed E-state index contributed by atoms with van der Waals surface area (Å²) >= 11 is 0. The smallest absolute Gasteiger partial charge is 0.134 e. The Morgan fingerprint density at radius 1 is 1.35 bits per heavy atom. The lowest BCUT2D eigenvalue weighted by Crippen LogP contribution is -2.13. The highest BCUT2D eigenvalue weighted by molar-refractivity contribution is 5.83. The van der Waals surface area contributed by atoms with Crippen LogP contribution in [0.4, 0.5) is 0 Å². The van der Waals surface area contributed by atoms with Crippen LogP contribution in [0.5, 0.6) is 0 Å². The standard InChI is InChI=1S/C14H17NO2/c1-10-3-2-4-13-12(10)7-8-15(13)14-6-5-11(9-16)17-14/h2-4,7-8,11,14,16H,5-6,9H2,1H3/t11-,14-/m0/s1. The van der Waals surface area contributed by atoms with Crippen molar-refractivity contribution in [2.24, 2.45) is 0 Å². The molecule has 3 nitrogen and oxygen atoms in total. The van der Waals surface area contributed by atoms with Crippen molar-refractivity contribution in [1.29, 1.82) is 0 Å². The van der Waals surface area contributed by atoms with E-state index in [1.54, 1.807) is 0 Å². The maximum atomic E-state index is 9.10. The fraction of sp³-hybridized carbons (Fsp3) is 0.429. The van der Waals surface area contributed by atoms with Gasteiger partial charge in [-0.25, -0.2) is 0 Å². The lowest BCUT2D eigenvalue weighted by atomic mass is 10.1. The van der Waals surface area contributed by atoms with Crippen molar-refractivity contribution in [2.45, 2.75) is 32.1 Å². The SMILES string of the molecule is Cc1cccc2c1ccn2[C@@H]1CC[C@@H](CO)O1. The second-order valence-corrected chi connectivity index (χ2v) is 4.70. The Morgan fingerprint density at radius 2 is 2.24 bits per heavy atom. The summed E-state index contributed by atoms with van der Waals surface area (Å²) in [5.74, 6) is 0. The highest BCUT2D eigenvalue weighted by atomic mass is 16.5. The summed E-state index contributed by atoms with van der Waals surface area (Å²) in [5.41, 5.74) is 2.51. The van der Waals surface area contributed by atoms with E-state index in [0.717, 1.165) is 12.8 Å². The number of aryl methyl sites for hydroxylation is 1. The maximum Gasteiger partial charge on any atom is 0.134 e. The zero-order valence-corrected chi connectivity index (χ0v) is 9.97. The number of aliphatic hydroxyl groups is 1. The van der Waals surface area contributed by atoms with Crippen molar-refractivity contribution in [3.05, 3.63) is 36.0 Å². The van der Waals surface area contributed by atoms with Crippen LogP contribution in [0.1, 0.15) is 24.6 Å². The van der Waals surface area contributed by atoms with Gasteiger partial charge in [-0.3, -0.25) is 0 Å². The second kappa shape index (κ2) is 4.17. The van der Waals surface area contributed by atoms with Crippen LogP contribution in [0.25, 0.3) is 10.9 Å². The molecule has 0 unspecified atom stereocenters. The van der Waals surface area contributed by atoms with Gasteiger partial charge in [0, 0.05) is 11.6 Å². The number of fused-ring (bicyclic) bond motifs is 1. The number of benzene rings is 1. The van der Waals surface area contributed by atoms with E-state index in [1.807, 2.05) is 0 Å². The molecule has 1 fully saturated rings. The van der Waals surface area contributed by atoms with Crippen molar-refractivity contribution in [2.75, 3.05) is 6.61 Å². The molecule has 0 amide bonds. The Kier molecular flexibility index (Phi) is 2.65. The van der Waals surface area contributed by atoms with Gasteiger partial charge in [0.25, 0.3) is 0 Å². The fourth-order valence-corrected chi connectivity index (χ4v) is 2.62. The van der Waals surface area contributed by atoms with Gasteiger partial charge in [-0.2, -0.15) is 0 Å². The van der Waals surface area contributed by atoms with Crippen LogP contribution in [-0.2, 0) is 4.74 Å². The lowest BCUT2D eigenvalue weighted by Gasteiger charge is -2.15. The summed E-state index contributed by atoms with van der Waals surface area (Å²) in [6, 6.07) is 8.46. The third kappa shape index (κ3) is 1.75. The van der Waals surface area contributed by atoms with Gasteiger partial charge >= 0.3 is 0 Å². The molecule has 2 heterocycles. The highest BCUT2D eigenvalue weighted by Crippen LogP contribution is 2.32. The molecule has 0 spiro atoms. The molecule has 1 aromatic heterocycles. The van der Waals surface area contributed by atoms with E-state index in [0.29, 0.717) is 0 Å². The molecule has 3 heteroatoms. The normalized spacial score (nSPS) is 24.6. The number of rotatable bonds is 2. The van der Waals surface area contributed by atoms with E-state index in [9.17, 15) is 0 Å². The summed E-state index contributed by atoms with van der Waals surface area (Å²) in [7, 11) is 0. The van der Waals surface area contributed by atoms with Crippen LogP contribution in [0, 0.1) is 6.92 Å². The van der Waals surface area contributed by atoms with E-state index < -0.39 is 0 Å². The summed E-state index contributed by atoms with van der Waals surface area (Å²) in [5, 5.41) is 10.4. The predicted molar refractivity (Wildman–Crippen MR) is 66.9 cm³/mol. The Bertz CT molecular complexity index is 532. The average Bonchev–Trinajstić information content (AvgIpc) is 2.94. The van der Waals surface area contributed by atoms with E-state index in [2.05, 4.69) is 42.0 Å². The van der Waals surface area contributed by atoms with Crippen LogP contribution in [-0.4, -0.2) is 22.4 Å². The largest absolute Gasteiger partial charge is 0.394 e. The van der Waals surface area contributed by atoms with Crippen LogP contribution in [0.2, 0.25) is 0 Å². The lowest BCUT2D eigenvalue weighted by molar-refractivity contribution is -0.0202. The summed E-state index contributed by atoms with van der Waals surface area (Å²) in [4.78, 5) is 0. The number of aromatic nitrogens is 1. The molecule has 2 atom stereocenters. The number of hydrogen-bond donors (Lipinski definition) is 1. The summed E-state index contributed by atoms with van der Waals surface area (Å²) in [6.07, 6.45) is 4.08. The quantitative estimate of drug-likeness (QED) is 0.862. The number of aliphatic hydroxyl groups excluding tert-OH is 1. The van der Waals surface area contributed by atoms with Gasteiger partial charge < -0.3 is 14.4 Å². The molecule has 0 bridgehead atoms. The number of nitrogens with zero attached hydrogens (tertiary/aromatic N) is 1. The van der Waals surface area contributed by atoms with Crippen LogP contribution in [0.15, 0.2) is 30.5 Å². The van der Waals surface area contributed by atoms with Crippen molar-refractivity contribution in [3.8, 4) is 0 Å². The molecule has 17 heavy (non-hydrogen) atoms. The van der Waals surface area contributed by atoms with Gasteiger partial charge in [-0.05, 0) is 37.5 Å². The summed E-state index contributed by atoms with van der Waals surface area (Å²) < 4.78 is 7.99. The molecule has 0 aliphatic carbocycles. The first-order chi connectivity index (χ1) is 8.29. The molecule has 1 N–H and O–H groups in total. The average molecular weight is 231 g/mol. The van der Waals surface area contributed by atoms with Crippen LogP contribution in [0.3, 0.4) is 0 Å². The zero-order chi connectivity index (χ0) is 11.8. The van der Waals surface area contributed by atoms with Crippen LogP contribution >= 0.6 is 0 Å². The van der Waals surface area contributed by atoms with Gasteiger partial charge in [-0.1, -0.05) is 12.1 Å². The molecule has 1 saturated heterocycles. The Morgan fingerprint density at radius 3 is 3.00 bits per heavy atom. The molecule has 3 rings (SSSR count). The Balaban J connectivity index is 1.99. The first kappa shape index (κ1) is 10.8. The molecular formula is C14H17NO2. The van der Waals surface area contributed by atoms with E-state index in [1.165, 1.54) is 16.5 Å². The van der Waals surface area contributed by atoms with Crippen molar-refractivity contribution < 1.29 is 9.84 Å². The zero-order valence-electron chi connectivity index (χ0n) is 9.97. The van der Waals surface area contributed by atoms with Gasteiger partial charge in [0.05, 0.1) is 18.2 Å². The van der Waals surface area contributed by atoms with E-state index in [-0.39, 0.29) is 18.9 Å². The second-order valence-electron chi connectivity index (χ2n) is 4.70. The van der Waals surface area contributed by atoms with Crippen molar-refractivity contribution in [3.63, 3.8) is 0 Å². The molecule has 1 aromatic carbocycles. The third-order valence-corrected chi connectivity index (χ3v) is 3.58. The van der Waals surface area contributed by atoms with Crippen molar-refractivity contribution in [1.82, 2.24) is 4.57 Å². The molecular weight excluding hydrogens is 214 g/mol. The first-order valence-electron chi connectivity index (χ1n) is 6.12. The Hall–Kier alpha value is -1.32. The maximum absolute atomic E-state index is 9.10. The Labute approximate surface area is 101 Å².